The van der Waals surface area contributed by atoms with E-state index in [2.05, 4.69) is 5.32 Å². The van der Waals surface area contributed by atoms with E-state index in [1.165, 1.54) is 10.5 Å². The number of rotatable bonds is 2. The van der Waals surface area contributed by atoms with Crippen LogP contribution in [0.2, 0.25) is 0 Å². The Hall–Kier alpha value is -0.480. The van der Waals surface area contributed by atoms with Crippen molar-refractivity contribution in [3.8, 4) is 0 Å². The lowest BCUT2D eigenvalue weighted by atomic mass is 9.93. The molecule has 3 aliphatic rings. The molecule has 88 valence electrons. The van der Waals surface area contributed by atoms with Crippen LogP contribution in [0.15, 0.2) is 10.5 Å². The van der Waals surface area contributed by atoms with E-state index >= 15 is 0 Å². The van der Waals surface area contributed by atoms with E-state index in [0.717, 1.165) is 38.5 Å². The van der Waals surface area contributed by atoms with Crippen molar-refractivity contribution in [1.82, 2.24) is 5.32 Å². The SMILES string of the molecule is NC1CCC2=C(C1)CC(NC(=O)C1CC1)S2. The van der Waals surface area contributed by atoms with Crippen LogP contribution in [0, 0.1) is 5.92 Å². The van der Waals surface area contributed by atoms with Crippen LogP contribution in [-0.2, 0) is 4.79 Å². The normalized spacial score (nSPS) is 33.8. The van der Waals surface area contributed by atoms with Gasteiger partial charge in [0, 0.05) is 12.0 Å². The molecule has 3 nitrogen and oxygen atoms in total. The number of nitrogens with two attached hydrogens (primary N) is 1. The van der Waals surface area contributed by atoms with E-state index in [4.69, 9.17) is 5.73 Å². The van der Waals surface area contributed by atoms with Gasteiger partial charge in [0.25, 0.3) is 0 Å². The van der Waals surface area contributed by atoms with Crippen molar-refractivity contribution in [1.29, 1.82) is 0 Å². The summed E-state index contributed by atoms with van der Waals surface area (Å²) < 4.78 is 0. The molecular weight excluding hydrogens is 220 g/mol. The van der Waals surface area contributed by atoms with Gasteiger partial charge in [-0.25, -0.2) is 0 Å². The van der Waals surface area contributed by atoms with E-state index in [1.807, 2.05) is 11.8 Å². The number of carbonyl (C=O) groups is 1. The summed E-state index contributed by atoms with van der Waals surface area (Å²) in [6.45, 7) is 0. The Kier molecular flexibility index (Phi) is 2.72. The Bertz CT molecular complexity index is 349. The molecule has 1 aliphatic heterocycles. The molecule has 0 aromatic heterocycles. The third-order valence-electron chi connectivity index (χ3n) is 3.61. The van der Waals surface area contributed by atoms with Crippen molar-refractivity contribution < 1.29 is 4.79 Å². The molecule has 2 aliphatic carbocycles. The van der Waals surface area contributed by atoms with Crippen molar-refractivity contribution in [3.05, 3.63) is 10.5 Å². The lowest BCUT2D eigenvalue weighted by Gasteiger charge is -2.18. The van der Waals surface area contributed by atoms with Crippen LogP contribution in [0.5, 0.6) is 0 Å². The average molecular weight is 238 g/mol. The van der Waals surface area contributed by atoms with E-state index in [9.17, 15) is 4.79 Å². The zero-order chi connectivity index (χ0) is 11.1. The maximum absolute atomic E-state index is 11.7. The van der Waals surface area contributed by atoms with Gasteiger partial charge in [0.05, 0.1) is 5.37 Å². The molecule has 4 heteroatoms. The molecule has 0 aromatic rings. The minimum Gasteiger partial charge on any atom is -0.343 e. The molecule has 2 atom stereocenters. The Morgan fingerprint density at radius 1 is 1.31 bits per heavy atom. The predicted molar refractivity (Wildman–Crippen MR) is 65.7 cm³/mol. The third kappa shape index (κ3) is 2.13. The fourth-order valence-electron chi connectivity index (χ4n) is 2.50. The van der Waals surface area contributed by atoms with Crippen molar-refractivity contribution in [2.75, 3.05) is 0 Å². The summed E-state index contributed by atoms with van der Waals surface area (Å²) in [4.78, 5) is 13.2. The second-order valence-corrected chi connectivity index (χ2v) is 6.42. The van der Waals surface area contributed by atoms with Crippen LogP contribution in [-0.4, -0.2) is 17.3 Å². The van der Waals surface area contributed by atoms with Gasteiger partial charge in [-0.2, -0.15) is 0 Å². The highest BCUT2D eigenvalue weighted by atomic mass is 32.2. The van der Waals surface area contributed by atoms with Gasteiger partial charge >= 0.3 is 0 Å². The second kappa shape index (κ2) is 4.08. The molecule has 0 saturated heterocycles. The van der Waals surface area contributed by atoms with Gasteiger partial charge in [0.2, 0.25) is 5.91 Å². The standard InChI is InChI=1S/C12H18N2OS/c13-9-3-4-10-8(5-9)6-11(16-10)14-12(15)7-1-2-7/h7,9,11H,1-6,13H2,(H,14,15). The molecule has 2 unspecified atom stereocenters. The first-order valence-electron chi connectivity index (χ1n) is 6.16. The van der Waals surface area contributed by atoms with Gasteiger partial charge in [0.1, 0.15) is 0 Å². The molecule has 3 rings (SSSR count). The number of hydrogen-bond donors (Lipinski definition) is 2. The van der Waals surface area contributed by atoms with Crippen LogP contribution in [0.4, 0.5) is 0 Å². The molecule has 1 saturated carbocycles. The zero-order valence-electron chi connectivity index (χ0n) is 9.37. The zero-order valence-corrected chi connectivity index (χ0v) is 10.2. The van der Waals surface area contributed by atoms with Crippen molar-refractivity contribution in [2.45, 2.75) is 49.9 Å². The monoisotopic (exact) mass is 238 g/mol. The lowest BCUT2D eigenvalue weighted by Crippen LogP contribution is -2.32. The summed E-state index contributed by atoms with van der Waals surface area (Å²) in [7, 11) is 0. The van der Waals surface area contributed by atoms with Crippen LogP contribution < -0.4 is 11.1 Å². The summed E-state index contributed by atoms with van der Waals surface area (Å²) in [5.41, 5.74) is 7.47. The van der Waals surface area contributed by atoms with Gasteiger partial charge in [-0.05, 0) is 43.4 Å². The quantitative estimate of drug-likeness (QED) is 0.770. The minimum atomic E-state index is 0.265. The summed E-state index contributed by atoms with van der Waals surface area (Å²) >= 11 is 1.86. The Morgan fingerprint density at radius 2 is 2.12 bits per heavy atom. The average Bonchev–Trinajstić information content (AvgIpc) is 3.00. The molecule has 3 N–H and O–H groups in total. The molecular formula is C12H18N2OS. The summed E-state index contributed by atoms with van der Waals surface area (Å²) in [6.07, 6.45) is 6.46. The van der Waals surface area contributed by atoms with Crippen LogP contribution in [0.3, 0.4) is 0 Å². The number of amides is 1. The summed E-state index contributed by atoms with van der Waals surface area (Å²) in [5, 5.41) is 3.45. The van der Waals surface area contributed by atoms with Crippen molar-refractivity contribution >= 4 is 17.7 Å². The molecule has 0 spiro atoms. The molecule has 1 heterocycles. The molecule has 0 bridgehead atoms. The van der Waals surface area contributed by atoms with E-state index < -0.39 is 0 Å². The highest BCUT2D eigenvalue weighted by Gasteiger charge is 2.34. The number of nitrogens with one attached hydrogen (secondary N) is 1. The fraction of sp³-hybridized carbons (Fsp3) is 0.750. The van der Waals surface area contributed by atoms with Crippen LogP contribution >= 0.6 is 11.8 Å². The molecule has 16 heavy (non-hydrogen) atoms. The summed E-state index contributed by atoms with van der Waals surface area (Å²) in [6, 6.07) is 0.345. The van der Waals surface area contributed by atoms with Gasteiger partial charge in [0.15, 0.2) is 0 Å². The van der Waals surface area contributed by atoms with Crippen molar-refractivity contribution in [3.63, 3.8) is 0 Å². The minimum absolute atomic E-state index is 0.265. The second-order valence-electron chi connectivity index (χ2n) is 5.12. The Balaban J connectivity index is 1.56. The number of hydrogen-bond acceptors (Lipinski definition) is 3. The lowest BCUT2D eigenvalue weighted by molar-refractivity contribution is -0.122. The third-order valence-corrected chi connectivity index (χ3v) is 4.96. The van der Waals surface area contributed by atoms with E-state index in [-0.39, 0.29) is 5.91 Å². The topological polar surface area (TPSA) is 55.1 Å². The smallest absolute Gasteiger partial charge is 0.223 e. The van der Waals surface area contributed by atoms with Gasteiger partial charge in [-0.1, -0.05) is 5.57 Å². The number of allylic oxidation sites excluding steroid dienone is 1. The van der Waals surface area contributed by atoms with E-state index in [0.29, 0.717) is 17.3 Å². The Labute approximate surface area is 100 Å². The predicted octanol–water partition coefficient (Wildman–Crippen LogP) is 1.74. The maximum atomic E-state index is 11.7. The van der Waals surface area contributed by atoms with E-state index in [1.54, 1.807) is 0 Å². The van der Waals surface area contributed by atoms with Crippen molar-refractivity contribution in [2.24, 2.45) is 11.7 Å². The molecule has 0 radical (unpaired) electrons. The molecule has 1 fully saturated rings. The first-order chi connectivity index (χ1) is 7.72. The van der Waals surface area contributed by atoms with Gasteiger partial charge < -0.3 is 11.1 Å². The largest absolute Gasteiger partial charge is 0.343 e. The first-order valence-corrected chi connectivity index (χ1v) is 7.04. The number of thioether (sulfide) groups is 1. The Morgan fingerprint density at radius 3 is 2.88 bits per heavy atom. The van der Waals surface area contributed by atoms with Gasteiger partial charge in [-0.15, -0.1) is 11.8 Å². The van der Waals surface area contributed by atoms with Crippen LogP contribution in [0.1, 0.15) is 38.5 Å². The van der Waals surface area contributed by atoms with Crippen LogP contribution in [0.25, 0.3) is 0 Å². The van der Waals surface area contributed by atoms with Gasteiger partial charge in [-0.3, -0.25) is 4.79 Å². The highest BCUT2D eigenvalue weighted by molar-refractivity contribution is 8.03. The fourth-order valence-corrected chi connectivity index (χ4v) is 3.88. The summed E-state index contributed by atoms with van der Waals surface area (Å²) in [5.74, 6) is 0.585. The molecule has 1 amide bonds. The number of carbonyl (C=O) groups excluding carboxylic acids is 1. The highest BCUT2D eigenvalue weighted by Crippen LogP contribution is 2.44. The first kappa shape index (κ1) is 10.7. The molecule has 0 aromatic carbocycles. The maximum Gasteiger partial charge on any atom is 0.223 e.